The fourth-order valence-electron chi connectivity index (χ4n) is 5.85. The number of azide groups is 1. The van der Waals surface area contributed by atoms with Gasteiger partial charge in [0.15, 0.2) is 0 Å². The van der Waals surface area contributed by atoms with E-state index in [0.29, 0.717) is 17.9 Å². The van der Waals surface area contributed by atoms with Crippen LogP contribution in [0, 0.1) is 11.3 Å². The van der Waals surface area contributed by atoms with Gasteiger partial charge in [0.2, 0.25) is 0 Å². The molecule has 1 aromatic rings. The molecule has 4 atom stereocenters. The summed E-state index contributed by atoms with van der Waals surface area (Å²) in [4.78, 5) is 15.5. The summed E-state index contributed by atoms with van der Waals surface area (Å²) in [5.74, 6) is -0.250. The fourth-order valence-corrected chi connectivity index (χ4v) is 5.85. The Bertz CT molecular complexity index is 939. The lowest BCUT2D eigenvalue weighted by Gasteiger charge is -2.69. The highest BCUT2D eigenvalue weighted by Gasteiger charge is 2.76. The van der Waals surface area contributed by atoms with Crippen molar-refractivity contribution in [3.63, 3.8) is 0 Å². The second kappa shape index (κ2) is 7.26. The highest BCUT2D eigenvalue weighted by molar-refractivity contribution is 6.47. The van der Waals surface area contributed by atoms with Gasteiger partial charge in [0.05, 0.1) is 22.7 Å². The van der Waals surface area contributed by atoms with Gasteiger partial charge in [-0.25, -0.2) is 4.79 Å². The number of carbonyl (C=O) groups excluding carboxylic acids is 1. The molecule has 1 saturated heterocycles. The molecule has 2 bridgehead atoms. The molecule has 4 aliphatic rings. The number of fused-ring (bicyclic) bond motifs is 1. The van der Waals surface area contributed by atoms with Crippen LogP contribution in [0.4, 0.5) is 0 Å². The topological polar surface area (TPSA) is 93.5 Å². The Hall–Kier alpha value is -2.02. The average Bonchev–Trinajstić information content (AvgIpc) is 3.02. The van der Waals surface area contributed by atoms with Crippen LogP contribution >= 0.6 is 0 Å². The molecule has 3 saturated carbocycles. The third kappa shape index (κ3) is 3.55. The Labute approximate surface area is 184 Å². The monoisotopic (exact) mass is 425 g/mol. The van der Waals surface area contributed by atoms with Gasteiger partial charge in [-0.05, 0) is 87.9 Å². The van der Waals surface area contributed by atoms with Crippen LogP contribution in [0.5, 0.6) is 0 Å². The molecule has 0 N–H and O–H groups in total. The molecule has 1 aromatic carbocycles. The summed E-state index contributed by atoms with van der Waals surface area (Å²) in [6.45, 7) is 12.2. The summed E-state index contributed by atoms with van der Waals surface area (Å²) >= 11 is 0. The number of esters is 1. The largest absolute Gasteiger partial charge is 0.467 e. The third-order valence-electron chi connectivity index (χ3n) is 7.63. The van der Waals surface area contributed by atoms with Crippen molar-refractivity contribution in [1.29, 1.82) is 0 Å². The van der Waals surface area contributed by atoms with Crippen molar-refractivity contribution in [1.82, 2.24) is 0 Å². The fraction of sp³-hybridized carbons (Fsp3) is 0.696. The van der Waals surface area contributed by atoms with Crippen LogP contribution in [-0.4, -0.2) is 35.8 Å². The van der Waals surface area contributed by atoms with Crippen LogP contribution in [0.1, 0.15) is 76.7 Å². The molecule has 3 aliphatic carbocycles. The van der Waals surface area contributed by atoms with E-state index >= 15 is 0 Å². The van der Waals surface area contributed by atoms with Crippen molar-refractivity contribution >= 4 is 13.1 Å². The maximum Gasteiger partial charge on any atom is 0.467 e. The zero-order valence-electron chi connectivity index (χ0n) is 19.3. The predicted molar refractivity (Wildman–Crippen MR) is 118 cm³/mol. The highest BCUT2D eigenvalue weighted by Crippen LogP contribution is 2.70. The van der Waals surface area contributed by atoms with Gasteiger partial charge in [-0.1, -0.05) is 31.1 Å². The lowest BCUT2D eigenvalue weighted by atomic mass is 9.41. The van der Waals surface area contributed by atoms with Gasteiger partial charge >= 0.3 is 13.1 Å². The summed E-state index contributed by atoms with van der Waals surface area (Å²) in [7, 11) is -0.607. The van der Waals surface area contributed by atoms with Crippen molar-refractivity contribution in [2.75, 3.05) is 0 Å². The van der Waals surface area contributed by atoms with Gasteiger partial charge in [0.1, 0.15) is 5.60 Å². The number of benzene rings is 1. The Morgan fingerprint density at radius 2 is 2.10 bits per heavy atom. The normalized spacial score (nSPS) is 31.8. The molecule has 0 radical (unpaired) electrons. The van der Waals surface area contributed by atoms with Gasteiger partial charge < -0.3 is 14.0 Å². The van der Waals surface area contributed by atoms with Gasteiger partial charge in [-0.2, -0.15) is 0 Å². The van der Waals surface area contributed by atoms with E-state index in [1.54, 1.807) is 12.1 Å². The van der Waals surface area contributed by atoms with E-state index < -0.39 is 18.7 Å². The Morgan fingerprint density at radius 3 is 2.71 bits per heavy atom. The molecular formula is C23H32BN3O4. The number of carbonyl (C=O) groups is 1. The van der Waals surface area contributed by atoms with E-state index in [2.05, 4.69) is 30.8 Å². The molecule has 3 unspecified atom stereocenters. The Kier molecular flexibility index (Phi) is 5.20. The average molecular weight is 425 g/mol. The summed E-state index contributed by atoms with van der Waals surface area (Å²) in [6, 6.07) is 7.25. The van der Waals surface area contributed by atoms with E-state index in [1.165, 1.54) is 0 Å². The molecule has 5 rings (SSSR count). The smallest absolute Gasteiger partial charge is 0.456 e. The molecule has 166 valence electrons. The maximum absolute atomic E-state index is 12.5. The molecule has 4 fully saturated rings. The van der Waals surface area contributed by atoms with Gasteiger partial charge in [-0.15, -0.1) is 0 Å². The molecule has 1 heterocycles. The van der Waals surface area contributed by atoms with Crippen molar-refractivity contribution in [2.45, 2.75) is 90.0 Å². The zero-order valence-corrected chi connectivity index (χ0v) is 19.3. The van der Waals surface area contributed by atoms with E-state index in [0.717, 1.165) is 24.8 Å². The molecule has 0 amide bonds. The third-order valence-corrected chi connectivity index (χ3v) is 7.63. The van der Waals surface area contributed by atoms with Crippen molar-refractivity contribution in [3.05, 3.63) is 45.8 Å². The number of hydrogen-bond donors (Lipinski definition) is 0. The molecule has 7 nitrogen and oxygen atoms in total. The molecule has 0 aromatic heterocycles. The number of nitrogens with zero attached hydrogens (tertiary/aromatic N) is 3. The van der Waals surface area contributed by atoms with E-state index in [4.69, 9.17) is 14.0 Å². The van der Waals surface area contributed by atoms with Crippen LogP contribution in [0.15, 0.2) is 29.4 Å². The number of rotatable bonds is 5. The van der Waals surface area contributed by atoms with Crippen LogP contribution in [0.2, 0.25) is 0 Å². The minimum Gasteiger partial charge on any atom is -0.456 e. The first-order valence-corrected chi connectivity index (χ1v) is 11.1. The van der Waals surface area contributed by atoms with Gasteiger partial charge in [0.25, 0.3) is 0 Å². The minimum absolute atomic E-state index is 0.0340. The lowest BCUT2D eigenvalue weighted by Crippen LogP contribution is -2.73. The summed E-state index contributed by atoms with van der Waals surface area (Å²) in [5.41, 5.74) is 9.32. The van der Waals surface area contributed by atoms with Crippen molar-refractivity contribution in [3.8, 4) is 0 Å². The molecule has 31 heavy (non-hydrogen) atoms. The highest BCUT2D eigenvalue weighted by atomic mass is 16.7. The number of hydrogen-bond acceptors (Lipinski definition) is 5. The van der Waals surface area contributed by atoms with Gasteiger partial charge in [0, 0.05) is 4.91 Å². The molecule has 1 spiro atoms. The quantitative estimate of drug-likeness (QED) is 0.211. The summed E-state index contributed by atoms with van der Waals surface area (Å²) < 4.78 is 18.5. The van der Waals surface area contributed by atoms with E-state index in [-0.39, 0.29) is 22.6 Å². The van der Waals surface area contributed by atoms with Crippen LogP contribution in [0.3, 0.4) is 0 Å². The lowest BCUT2D eigenvalue weighted by molar-refractivity contribution is -0.257. The first-order chi connectivity index (χ1) is 14.4. The first-order valence-electron chi connectivity index (χ1n) is 11.1. The van der Waals surface area contributed by atoms with Crippen molar-refractivity contribution < 1.29 is 18.8 Å². The van der Waals surface area contributed by atoms with Crippen LogP contribution in [0.25, 0.3) is 10.4 Å². The zero-order chi connectivity index (χ0) is 22.7. The summed E-state index contributed by atoms with van der Waals surface area (Å²) in [6.07, 6.45) is 3.49. The predicted octanol–water partition coefficient (Wildman–Crippen LogP) is 5.27. The molecular weight excluding hydrogens is 393 g/mol. The van der Waals surface area contributed by atoms with E-state index in [1.807, 2.05) is 32.9 Å². The minimum atomic E-state index is -0.607. The van der Waals surface area contributed by atoms with E-state index in [9.17, 15) is 10.3 Å². The molecule has 1 aliphatic heterocycles. The Morgan fingerprint density at radius 1 is 1.35 bits per heavy atom. The summed E-state index contributed by atoms with van der Waals surface area (Å²) in [5, 5.41) is 4.03. The standard InChI is InChI=1S/C23H32BN3O4/c1-20(2,3)29-19(28)16-9-7-8-15(12-16)13-18(26-27-25)24-30-22(6)11-10-17-14-23(22,31-24)21(17,4)5/h7-9,12,17-18H,10-11,13-14H2,1-6H3/t17?,18-,22?,23?/m0/s1. The first kappa shape index (κ1) is 22.2. The molecule has 8 heteroatoms. The number of ether oxygens (including phenoxy) is 1. The van der Waals surface area contributed by atoms with Crippen LogP contribution < -0.4 is 0 Å². The van der Waals surface area contributed by atoms with Crippen LogP contribution in [-0.2, 0) is 20.5 Å². The second-order valence-electron chi connectivity index (χ2n) is 11.0. The van der Waals surface area contributed by atoms with Crippen molar-refractivity contribution in [2.24, 2.45) is 16.4 Å². The second-order valence-corrected chi connectivity index (χ2v) is 11.0. The Balaban J connectivity index is 1.54. The maximum atomic E-state index is 12.5. The SMILES string of the molecule is CC(C)(C)OC(=O)c1cccc(C[C@H](N=[N+]=[N-])B2OC3(C)CCC4CC3(O2)C4(C)C)c1. The van der Waals surface area contributed by atoms with Gasteiger partial charge in [-0.3, -0.25) is 0 Å².